The van der Waals surface area contributed by atoms with Crippen LogP contribution in [0.5, 0.6) is 0 Å². The van der Waals surface area contributed by atoms with Crippen LogP contribution in [-0.4, -0.2) is 38.4 Å². The van der Waals surface area contributed by atoms with Crippen molar-refractivity contribution < 1.29 is 13.2 Å². The quantitative estimate of drug-likeness (QED) is 0.676. The van der Waals surface area contributed by atoms with Crippen molar-refractivity contribution in [3.05, 3.63) is 30.3 Å². The average Bonchev–Trinajstić information content (AvgIpc) is 2.88. The number of carbonyl (C=O) groups excluding carboxylic acids is 1. The van der Waals surface area contributed by atoms with Gasteiger partial charge in [0.25, 0.3) is 0 Å². The van der Waals surface area contributed by atoms with E-state index in [0.29, 0.717) is 6.42 Å². The van der Waals surface area contributed by atoms with E-state index in [2.05, 4.69) is 10.0 Å². The number of benzene rings is 1. The van der Waals surface area contributed by atoms with E-state index in [1.54, 1.807) is 30.0 Å². The number of nitrogens with one attached hydrogen (secondary N) is 2. The summed E-state index contributed by atoms with van der Waals surface area (Å²) in [7, 11) is -3.70. The molecule has 2 N–H and O–H groups in total. The Hall–Kier alpha value is -1.05. The molecule has 1 fully saturated rings. The smallest absolute Gasteiger partial charge is 0.241 e. The maximum Gasteiger partial charge on any atom is 0.241 e. The predicted molar refractivity (Wildman–Crippen MR) is 103 cm³/mol. The second-order valence-electron chi connectivity index (χ2n) is 6.47. The monoisotopic (exact) mass is 384 g/mol. The molecule has 1 atom stereocenters. The highest BCUT2D eigenvalue weighted by Gasteiger charge is 2.27. The van der Waals surface area contributed by atoms with Crippen LogP contribution in [0.3, 0.4) is 0 Å². The van der Waals surface area contributed by atoms with Crippen molar-refractivity contribution in [1.82, 2.24) is 10.0 Å². The lowest BCUT2D eigenvalue weighted by atomic mass is 10.1. The summed E-state index contributed by atoms with van der Waals surface area (Å²) in [6.45, 7) is 0. The zero-order valence-electron chi connectivity index (χ0n) is 14.7. The van der Waals surface area contributed by atoms with Crippen LogP contribution >= 0.6 is 11.8 Å². The Morgan fingerprint density at radius 3 is 2.40 bits per heavy atom. The van der Waals surface area contributed by atoms with Crippen LogP contribution in [-0.2, 0) is 14.8 Å². The van der Waals surface area contributed by atoms with Crippen LogP contribution in [0.2, 0.25) is 0 Å². The molecule has 1 aromatic carbocycles. The second-order valence-corrected chi connectivity index (χ2v) is 9.17. The fraction of sp³-hybridized carbons (Fsp3) is 0.611. The summed E-state index contributed by atoms with van der Waals surface area (Å²) in [4.78, 5) is 12.9. The van der Waals surface area contributed by atoms with Gasteiger partial charge in [0.05, 0.1) is 4.90 Å². The molecule has 0 spiro atoms. The Bertz CT molecular complexity index is 627. The van der Waals surface area contributed by atoms with Crippen molar-refractivity contribution >= 4 is 27.7 Å². The molecular weight excluding hydrogens is 356 g/mol. The molecule has 0 saturated heterocycles. The van der Waals surface area contributed by atoms with Crippen molar-refractivity contribution in [1.29, 1.82) is 0 Å². The van der Waals surface area contributed by atoms with Gasteiger partial charge in [-0.3, -0.25) is 4.79 Å². The highest BCUT2D eigenvalue weighted by Crippen LogP contribution is 2.18. The van der Waals surface area contributed by atoms with E-state index in [1.165, 1.54) is 25.0 Å². The van der Waals surface area contributed by atoms with E-state index < -0.39 is 16.1 Å². The fourth-order valence-corrected chi connectivity index (χ4v) is 4.78. The molecule has 2 rings (SSSR count). The third-order valence-corrected chi connectivity index (χ3v) is 6.61. The summed E-state index contributed by atoms with van der Waals surface area (Å²) in [6, 6.07) is 7.62. The number of thioether (sulfide) groups is 1. The molecule has 0 unspecified atom stereocenters. The van der Waals surface area contributed by atoms with Gasteiger partial charge in [-0.2, -0.15) is 16.5 Å². The van der Waals surface area contributed by atoms with Crippen LogP contribution in [0.15, 0.2) is 35.2 Å². The molecule has 1 aliphatic carbocycles. The Kier molecular flexibility index (Phi) is 8.26. The molecule has 1 aromatic rings. The number of carbonyl (C=O) groups is 1. The maximum atomic E-state index is 12.7. The highest BCUT2D eigenvalue weighted by atomic mass is 32.2. The van der Waals surface area contributed by atoms with Gasteiger partial charge in [0.2, 0.25) is 15.9 Å². The van der Waals surface area contributed by atoms with Crippen molar-refractivity contribution in [3.8, 4) is 0 Å². The predicted octanol–water partition coefficient (Wildman–Crippen LogP) is 2.93. The number of sulfonamides is 1. The minimum Gasteiger partial charge on any atom is -0.352 e. The fourth-order valence-electron chi connectivity index (χ4n) is 3.06. The zero-order valence-corrected chi connectivity index (χ0v) is 16.4. The van der Waals surface area contributed by atoms with Gasteiger partial charge in [0, 0.05) is 6.04 Å². The van der Waals surface area contributed by atoms with Crippen LogP contribution in [0.4, 0.5) is 0 Å². The number of hydrogen-bond donors (Lipinski definition) is 2. The van der Waals surface area contributed by atoms with Gasteiger partial charge in [-0.1, -0.05) is 43.9 Å². The van der Waals surface area contributed by atoms with Crippen molar-refractivity contribution in [2.45, 2.75) is 61.9 Å². The third kappa shape index (κ3) is 6.64. The zero-order chi connectivity index (χ0) is 18.1. The first-order valence-corrected chi connectivity index (χ1v) is 11.8. The van der Waals surface area contributed by atoms with E-state index in [-0.39, 0.29) is 16.8 Å². The molecule has 140 valence electrons. The van der Waals surface area contributed by atoms with Gasteiger partial charge in [0.1, 0.15) is 6.04 Å². The molecule has 0 bridgehead atoms. The molecule has 7 heteroatoms. The molecule has 25 heavy (non-hydrogen) atoms. The molecule has 1 aliphatic rings. The Morgan fingerprint density at radius 2 is 1.80 bits per heavy atom. The standard InChI is InChI=1S/C18H28N2O3S2/c1-24-14-13-17(18(21)19-15-9-5-2-3-6-10-15)20-25(22,23)16-11-7-4-8-12-16/h4,7-8,11-12,15,17,20H,2-3,5-6,9-10,13-14H2,1H3,(H,19,21)/t17-/m0/s1. The summed E-state index contributed by atoms with van der Waals surface area (Å²) < 4.78 is 27.7. The molecule has 0 aliphatic heterocycles. The largest absolute Gasteiger partial charge is 0.352 e. The highest BCUT2D eigenvalue weighted by molar-refractivity contribution is 7.98. The van der Waals surface area contributed by atoms with Crippen LogP contribution < -0.4 is 10.0 Å². The van der Waals surface area contributed by atoms with Gasteiger partial charge in [-0.05, 0) is 43.4 Å². The maximum absolute atomic E-state index is 12.7. The summed E-state index contributed by atoms with van der Waals surface area (Å²) >= 11 is 1.60. The third-order valence-electron chi connectivity index (χ3n) is 4.48. The molecule has 0 heterocycles. The summed E-state index contributed by atoms with van der Waals surface area (Å²) in [6.07, 6.45) is 9.05. The van der Waals surface area contributed by atoms with E-state index >= 15 is 0 Å². The molecule has 0 radical (unpaired) electrons. The van der Waals surface area contributed by atoms with Gasteiger partial charge in [0.15, 0.2) is 0 Å². The lowest BCUT2D eigenvalue weighted by Gasteiger charge is -2.22. The summed E-state index contributed by atoms with van der Waals surface area (Å²) in [5, 5.41) is 3.07. The van der Waals surface area contributed by atoms with Gasteiger partial charge >= 0.3 is 0 Å². The first-order chi connectivity index (χ1) is 12.0. The lowest BCUT2D eigenvalue weighted by Crippen LogP contribution is -2.49. The lowest BCUT2D eigenvalue weighted by molar-refractivity contribution is -0.123. The van der Waals surface area contributed by atoms with Crippen LogP contribution in [0.25, 0.3) is 0 Å². The topological polar surface area (TPSA) is 75.3 Å². The molecular formula is C18H28N2O3S2. The first-order valence-electron chi connectivity index (χ1n) is 8.89. The number of hydrogen-bond acceptors (Lipinski definition) is 4. The summed E-state index contributed by atoms with van der Waals surface area (Å²) in [5.41, 5.74) is 0. The van der Waals surface area contributed by atoms with Gasteiger partial charge in [-0.25, -0.2) is 8.42 Å². The SMILES string of the molecule is CSCC[C@H](NS(=O)(=O)c1ccccc1)C(=O)NC1CCCCCC1. The normalized spacial score (nSPS) is 17.6. The molecule has 1 saturated carbocycles. The minimum absolute atomic E-state index is 0.160. The Labute approximate surface area is 155 Å². The minimum atomic E-state index is -3.70. The van der Waals surface area contributed by atoms with E-state index in [1.807, 2.05) is 6.26 Å². The number of amides is 1. The van der Waals surface area contributed by atoms with E-state index in [9.17, 15) is 13.2 Å². The number of rotatable bonds is 8. The van der Waals surface area contributed by atoms with Crippen LogP contribution in [0, 0.1) is 0 Å². The molecule has 1 amide bonds. The Balaban J connectivity index is 2.05. The van der Waals surface area contributed by atoms with Gasteiger partial charge in [-0.15, -0.1) is 0 Å². The van der Waals surface area contributed by atoms with Gasteiger partial charge < -0.3 is 5.32 Å². The van der Waals surface area contributed by atoms with Crippen molar-refractivity contribution in [2.75, 3.05) is 12.0 Å². The summed E-state index contributed by atoms with van der Waals surface area (Å²) in [5.74, 6) is 0.514. The van der Waals surface area contributed by atoms with E-state index in [4.69, 9.17) is 0 Å². The first kappa shape index (κ1) is 20.3. The average molecular weight is 385 g/mol. The molecule has 5 nitrogen and oxygen atoms in total. The molecule has 0 aromatic heterocycles. The second kappa shape index (κ2) is 10.2. The van der Waals surface area contributed by atoms with Crippen molar-refractivity contribution in [3.63, 3.8) is 0 Å². The van der Waals surface area contributed by atoms with E-state index in [0.717, 1.165) is 31.4 Å². The van der Waals surface area contributed by atoms with Crippen LogP contribution in [0.1, 0.15) is 44.9 Å². The Morgan fingerprint density at radius 1 is 1.16 bits per heavy atom. The van der Waals surface area contributed by atoms with Crippen molar-refractivity contribution in [2.24, 2.45) is 0 Å².